The predicted molar refractivity (Wildman–Crippen MR) is 61.9 cm³/mol. The minimum absolute atomic E-state index is 0.672. The number of allylic oxidation sites excluding steroid dienone is 3. The van der Waals surface area contributed by atoms with E-state index < -0.39 is 0 Å². The molecule has 0 nitrogen and oxygen atoms in total. The highest BCUT2D eigenvalue weighted by atomic mass is 14.1. The standard InChI is InChI=1S/C13H24/c1-6-8-12(4)9-7-10-13(5)11(2)3/h9,13H,2,6-8,10H2,1,3-5H3. The number of hydrogen-bond donors (Lipinski definition) is 0. The van der Waals surface area contributed by atoms with Gasteiger partial charge in [-0.1, -0.05) is 44.1 Å². The highest BCUT2D eigenvalue weighted by molar-refractivity contribution is 4.99. The molecule has 0 aromatic carbocycles. The Kier molecular flexibility index (Phi) is 6.66. The van der Waals surface area contributed by atoms with E-state index in [1.54, 1.807) is 0 Å². The Labute approximate surface area is 83.7 Å². The van der Waals surface area contributed by atoms with Crippen LogP contribution in [-0.2, 0) is 0 Å². The van der Waals surface area contributed by atoms with Crippen LogP contribution in [-0.4, -0.2) is 0 Å². The summed E-state index contributed by atoms with van der Waals surface area (Å²) in [6.07, 6.45) is 7.35. The average molecular weight is 180 g/mol. The van der Waals surface area contributed by atoms with Gasteiger partial charge in [-0.05, 0) is 39.0 Å². The van der Waals surface area contributed by atoms with E-state index in [0.29, 0.717) is 5.92 Å². The summed E-state index contributed by atoms with van der Waals surface area (Å²) < 4.78 is 0. The van der Waals surface area contributed by atoms with Crippen molar-refractivity contribution in [2.24, 2.45) is 5.92 Å². The van der Waals surface area contributed by atoms with Gasteiger partial charge in [0.2, 0.25) is 0 Å². The van der Waals surface area contributed by atoms with E-state index in [-0.39, 0.29) is 0 Å². The fourth-order valence-corrected chi connectivity index (χ4v) is 1.32. The summed E-state index contributed by atoms with van der Waals surface area (Å²) in [5, 5.41) is 0. The first-order valence-electron chi connectivity index (χ1n) is 5.39. The van der Waals surface area contributed by atoms with Crippen LogP contribution in [0.2, 0.25) is 0 Å². The molecule has 0 aliphatic rings. The molecule has 1 atom stereocenters. The molecule has 0 aliphatic heterocycles. The number of rotatable bonds is 6. The monoisotopic (exact) mass is 180 g/mol. The van der Waals surface area contributed by atoms with Gasteiger partial charge in [-0.15, -0.1) is 0 Å². The van der Waals surface area contributed by atoms with E-state index in [4.69, 9.17) is 0 Å². The van der Waals surface area contributed by atoms with E-state index in [2.05, 4.69) is 40.3 Å². The molecule has 0 radical (unpaired) electrons. The summed E-state index contributed by atoms with van der Waals surface area (Å²) in [6.45, 7) is 12.8. The van der Waals surface area contributed by atoms with Crippen LogP contribution in [0.25, 0.3) is 0 Å². The molecule has 0 heterocycles. The molecule has 0 aromatic rings. The number of hydrogen-bond acceptors (Lipinski definition) is 0. The predicted octanol–water partition coefficient (Wildman–Crippen LogP) is 4.73. The van der Waals surface area contributed by atoms with Gasteiger partial charge in [0.05, 0.1) is 0 Å². The average Bonchev–Trinajstić information content (AvgIpc) is 2.04. The van der Waals surface area contributed by atoms with Crippen molar-refractivity contribution in [3.63, 3.8) is 0 Å². The molecule has 0 aromatic heterocycles. The van der Waals surface area contributed by atoms with Crippen molar-refractivity contribution in [3.05, 3.63) is 23.8 Å². The minimum atomic E-state index is 0.672. The highest BCUT2D eigenvalue weighted by Gasteiger charge is 1.99. The van der Waals surface area contributed by atoms with Crippen molar-refractivity contribution < 1.29 is 0 Å². The first-order valence-corrected chi connectivity index (χ1v) is 5.39. The molecule has 0 heteroatoms. The lowest BCUT2D eigenvalue weighted by Crippen LogP contribution is -1.93. The molecular weight excluding hydrogens is 156 g/mol. The first-order chi connectivity index (χ1) is 6.07. The molecule has 0 aliphatic carbocycles. The third-order valence-electron chi connectivity index (χ3n) is 2.58. The van der Waals surface area contributed by atoms with Crippen LogP contribution in [0.15, 0.2) is 23.8 Å². The van der Waals surface area contributed by atoms with Gasteiger partial charge in [0.25, 0.3) is 0 Å². The Hall–Kier alpha value is -0.520. The van der Waals surface area contributed by atoms with Crippen molar-refractivity contribution in [1.82, 2.24) is 0 Å². The van der Waals surface area contributed by atoms with Crippen molar-refractivity contribution in [3.8, 4) is 0 Å². The fraction of sp³-hybridized carbons (Fsp3) is 0.692. The second kappa shape index (κ2) is 6.94. The molecular formula is C13H24. The molecule has 0 N–H and O–H groups in total. The van der Waals surface area contributed by atoms with Crippen LogP contribution in [0.5, 0.6) is 0 Å². The zero-order valence-corrected chi connectivity index (χ0v) is 9.69. The summed E-state index contributed by atoms with van der Waals surface area (Å²) in [7, 11) is 0. The van der Waals surface area contributed by atoms with E-state index in [1.165, 1.54) is 36.8 Å². The molecule has 1 unspecified atom stereocenters. The third-order valence-corrected chi connectivity index (χ3v) is 2.58. The zero-order chi connectivity index (χ0) is 10.3. The molecule has 0 saturated heterocycles. The lowest BCUT2D eigenvalue weighted by atomic mass is 9.98. The largest absolute Gasteiger partial charge is 0.0999 e. The second-order valence-electron chi connectivity index (χ2n) is 4.13. The molecule has 0 amide bonds. The summed E-state index contributed by atoms with van der Waals surface area (Å²) >= 11 is 0. The van der Waals surface area contributed by atoms with Gasteiger partial charge >= 0.3 is 0 Å². The van der Waals surface area contributed by atoms with Gasteiger partial charge in [-0.3, -0.25) is 0 Å². The first kappa shape index (κ1) is 12.5. The van der Waals surface area contributed by atoms with Crippen molar-refractivity contribution in [2.45, 2.75) is 53.4 Å². The topological polar surface area (TPSA) is 0 Å². The van der Waals surface area contributed by atoms with Gasteiger partial charge in [0.15, 0.2) is 0 Å². The van der Waals surface area contributed by atoms with Gasteiger partial charge in [-0.2, -0.15) is 0 Å². The zero-order valence-electron chi connectivity index (χ0n) is 9.69. The minimum Gasteiger partial charge on any atom is -0.0999 e. The Morgan fingerprint density at radius 1 is 1.38 bits per heavy atom. The molecule has 0 rings (SSSR count). The Balaban J connectivity index is 3.65. The molecule has 0 spiro atoms. The lowest BCUT2D eigenvalue weighted by Gasteiger charge is -2.08. The summed E-state index contributed by atoms with van der Waals surface area (Å²) in [5.74, 6) is 0.672. The fourth-order valence-electron chi connectivity index (χ4n) is 1.32. The van der Waals surface area contributed by atoms with Gasteiger partial charge in [-0.25, -0.2) is 0 Å². The van der Waals surface area contributed by atoms with Crippen molar-refractivity contribution >= 4 is 0 Å². The maximum atomic E-state index is 3.97. The van der Waals surface area contributed by atoms with Crippen LogP contribution in [0, 0.1) is 5.92 Å². The molecule has 0 bridgehead atoms. The van der Waals surface area contributed by atoms with Crippen LogP contribution < -0.4 is 0 Å². The summed E-state index contributed by atoms with van der Waals surface area (Å²) in [5.41, 5.74) is 2.85. The van der Waals surface area contributed by atoms with Crippen LogP contribution in [0.3, 0.4) is 0 Å². The van der Waals surface area contributed by atoms with Crippen molar-refractivity contribution in [2.75, 3.05) is 0 Å². The molecule has 76 valence electrons. The third kappa shape index (κ3) is 6.62. The summed E-state index contributed by atoms with van der Waals surface area (Å²) in [4.78, 5) is 0. The maximum absolute atomic E-state index is 3.97. The van der Waals surface area contributed by atoms with E-state index >= 15 is 0 Å². The van der Waals surface area contributed by atoms with Gasteiger partial charge in [0.1, 0.15) is 0 Å². The van der Waals surface area contributed by atoms with Crippen molar-refractivity contribution in [1.29, 1.82) is 0 Å². The van der Waals surface area contributed by atoms with E-state index in [0.717, 1.165) is 0 Å². The van der Waals surface area contributed by atoms with Crippen LogP contribution in [0.1, 0.15) is 53.4 Å². The van der Waals surface area contributed by atoms with E-state index in [1.807, 2.05) is 0 Å². The quantitative estimate of drug-likeness (QED) is 0.519. The van der Waals surface area contributed by atoms with Crippen LogP contribution >= 0.6 is 0 Å². The summed E-state index contributed by atoms with van der Waals surface area (Å²) in [6, 6.07) is 0. The second-order valence-corrected chi connectivity index (χ2v) is 4.13. The van der Waals surface area contributed by atoms with E-state index in [9.17, 15) is 0 Å². The highest BCUT2D eigenvalue weighted by Crippen LogP contribution is 2.15. The molecule has 13 heavy (non-hydrogen) atoms. The van der Waals surface area contributed by atoms with Gasteiger partial charge in [0, 0.05) is 0 Å². The maximum Gasteiger partial charge on any atom is -0.0234 e. The normalized spacial score (nSPS) is 14.3. The Morgan fingerprint density at radius 3 is 2.46 bits per heavy atom. The van der Waals surface area contributed by atoms with Gasteiger partial charge < -0.3 is 0 Å². The SMILES string of the molecule is C=C(C)C(C)CCC=C(C)CCC. The lowest BCUT2D eigenvalue weighted by molar-refractivity contribution is 0.621. The smallest absolute Gasteiger partial charge is 0.0234 e. The Morgan fingerprint density at radius 2 is 2.00 bits per heavy atom. The molecule has 0 fully saturated rings. The molecule has 0 saturated carbocycles. The Bertz CT molecular complexity index is 174. The van der Waals surface area contributed by atoms with Crippen LogP contribution in [0.4, 0.5) is 0 Å².